The van der Waals surface area contributed by atoms with Gasteiger partial charge in [0.2, 0.25) is 0 Å². The Morgan fingerprint density at radius 1 is 0.609 bits per heavy atom. The quantitative estimate of drug-likeness (QED) is 0.728. The predicted molar refractivity (Wildman–Crippen MR) is 96.5 cm³/mol. The molecular formula is C21H28O2. The second-order valence-corrected chi connectivity index (χ2v) is 7.82. The Balaban J connectivity index is 2.30. The molecule has 2 rings (SSSR count). The molecule has 2 heteroatoms. The van der Waals surface area contributed by atoms with E-state index in [-0.39, 0.29) is 11.2 Å². The van der Waals surface area contributed by atoms with Crippen molar-refractivity contribution in [3.05, 3.63) is 59.7 Å². The lowest BCUT2D eigenvalue weighted by molar-refractivity contribution is 0.128. The normalized spacial score (nSPS) is 12.1. The van der Waals surface area contributed by atoms with E-state index < -0.39 is 0 Å². The SMILES string of the molecule is CC(C)(C)Oc1ccccc1Cc1ccccc1OC(C)(C)C. The van der Waals surface area contributed by atoms with Crippen LogP contribution >= 0.6 is 0 Å². The molecule has 0 aliphatic rings. The number of hydrogen-bond donors (Lipinski definition) is 0. The summed E-state index contributed by atoms with van der Waals surface area (Å²) in [6.07, 6.45) is 0.790. The number of rotatable bonds is 4. The molecule has 2 aromatic rings. The first-order chi connectivity index (χ1) is 10.6. The van der Waals surface area contributed by atoms with Gasteiger partial charge in [-0.1, -0.05) is 36.4 Å². The van der Waals surface area contributed by atoms with Crippen LogP contribution in [-0.4, -0.2) is 11.2 Å². The van der Waals surface area contributed by atoms with E-state index in [1.54, 1.807) is 0 Å². The first-order valence-electron chi connectivity index (χ1n) is 8.18. The van der Waals surface area contributed by atoms with E-state index in [1.165, 1.54) is 11.1 Å². The summed E-state index contributed by atoms with van der Waals surface area (Å²) in [5.74, 6) is 1.87. The molecule has 2 nitrogen and oxygen atoms in total. The maximum absolute atomic E-state index is 6.11. The molecule has 0 amide bonds. The fourth-order valence-corrected chi connectivity index (χ4v) is 2.36. The maximum atomic E-state index is 6.11. The van der Waals surface area contributed by atoms with Gasteiger partial charge < -0.3 is 9.47 Å². The third-order valence-corrected chi connectivity index (χ3v) is 3.16. The first kappa shape index (κ1) is 17.4. The number of ether oxygens (including phenoxy) is 2. The van der Waals surface area contributed by atoms with E-state index in [9.17, 15) is 0 Å². The van der Waals surface area contributed by atoms with Crippen molar-refractivity contribution >= 4 is 0 Å². The first-order valence-corrected chi connectivity index (χ1v) is 8.18. The lowest BCUT2D eigenvalue weighted by Crippen LogP contribution is -2.24. The van der Waals surface area contributed by atoms with E-state index in [0.29, 0.717) is 0 Å². The molecule has 23 heavy (non-hydrogen) atoms. The molecule has 0 atom stereocenters. The average Bonchev–Trinajstić information content (AvgIpc) is 2.40. The van der Waals surface area contributed by atoms with Crippen LogP contribution in [0.25, 0.3) is 0 Å². The standard InChI is InChI=1S/C21H28O2/c1-20(2,3)22-18-13-9-7-11-16(18)15-17-12-8-10-14-19(17)23-21(4,5)6/h7-14H,15H2,1-6H3. The number of para-hydroxylation sites is 2. The van der Waals surface area contributed by atoms with Crippen LogP contribution in [0.3, 0.4) is 0 Å². The Morgan fingerprint density at radius 2 is 0.957 bits per heavy atom. The van der Waals surface area contributed by atoms with Crippen molar-refractivity contribution in [2.75, 3.05) is 0 Å². The Bertz CT molecular complexity index is 588. The van der Waals surface area contributed by atoms with E-state index in [1.807, 2.05) is 24.3 Å². The summed E-state index contributed by atoms with van der Waals surface area (Å²) in [4.78, 5) is 0. The van der Waals surface area contributed by atoms with Crippen LogP contribution in [0.15, 0.2) is 48.5 Å². The monoisotopic (exact) mass is 312 g/mol. The van der Waals surface area contributed by atoms with Gasteiger partial charge in [0.25, 0.3) is 0 Å². The highest BCUT2D eigenvalue weighted by molar-refractivity contribution is 5.42. The third-order valence-electron chi connectivity index (χ3n) is 3.16. The van der Waals surface area contributed by atoms with Crippen LogP contribution in [0.1, 0.15) is 52.7 Å². The highest BCUT2D eigenvalue weighted by Gasteiger charge is 2.17. The molecule has 0 fully saturated rings. The summed E-state index contributed by atoms with van der Waals surface area (Å²) >= 11 is 0. The molecule has 0 aliphatic heterocycles. The smallest absolute Gasteiger partial charge is 0.123 e. The minimum Gasteiger partial charge on any atom is -0.488 e. The van der Waals surface area contributed by atoms with Crippen LogP contribution in [0.2, 0.25) is 0 Å². The zero-order valence-electron chi connectivity index (χ0n) is 15.1. The molecule has 0 saturated heterocycles. The Kier molecular flexibility index (Phi) is 5.03. The largest absolute Gasteiger partial charge is 0.488 e. The Morgan fingerprint density at radius 3 is 1.30 bits per heavy atom. The maximum Gasteiger partial charge on any atom is 0.123 e. The molecule has 0 aliphatic carbocycles. The lowest BCUT2D eigenvalue weighted by atomic mass is 10.0. The van der Waals surface area contributed by atoms with Gasteiger partial charge >= 0.3 is 0 Å². The van der Waals surface area contributed by atoms with Crippen molar-refractivity contribution in [1.82, 2.24) is 0 Å². The van der Waals surface area contributed by atoms with Gasteiger partial charge in [-0.25, -0.2) is 0 Å². The molecule has 0 unspecified atom stereocenters. The number of hydrogen-bond acceptors (Lipinski definition) is 2. The van der Waals surface area contributed by atoms with Crippen molar-refractivity contribution in [3.63, 3.8) is 0 Å². The summed E-state index contributed by atoms with van der Waals surface area (Å²) in [6.45, 7) is 12.4. The molecular weight excluding hydrogens is 284 g/mol. The van der Waals surface area contributed by atoms with Crippen LogP contribution in [0.5, 0.6) is 11.5 Å². The average molecular weight is 312 g/mol. The minimum absolute atomic E-state index is 0.211. The molecule has 0 N–H and O–H groups in total. The Hall–Kier alpha value is -1.96. The van der Waals surface area contributed by atoms with Crippen molar-refractivity contribution in [3.8, 4) is 11.5 Å². The topological polar surface area (TPSA) is 18.5 Å². The van der Waals surface area contributed by atoms with Crippen LogP contribution < -0.4 is 9.47 Å². The van der Waals surface area contributed by atoms with E-state index in [4.69, 9.17) is 9.47 Å². The molecule has 124 valence electrons. The number of benzene rings is 2. The van der Waals surface area contributed by atoms with Gasteiger partial charge in [-0.05, 0) is 64.8 Å². The van der Waals surface area contributed by atoms with E-state index >= 15 is 0 Å². The summed E-state index contributed by atoms with van der Waals surface area (Å²) < 4.78 is 12.2. The van der Waals surface area contributed by atoms with Gasteiger partial charge in [0.05, 0.1) is 0 Å². The zero-order valence-corrected chi connectivity index (χ0v) is 15.1. The minimum atomic E-state index is -0.211. The lowest BCUT2D eigenvalue weighted by Gasteiger charge is -2.25. The van der Waals surface area contributed by atoms with Crippen molar-refractivity contribution in [1.29, 1.82) is 0 Å². The molecule has 0 radical (unpaired) electrons. The van der Waals surface area contributed by atoms with Crippen molar-refractivity contribution in [2.24, 2.45) is 0 Å². The highest BCUT2D eigenvalue weighted by atomic mass is 16.5. The highest BCUT2D eigenvalue weighted by Crippen LogP contribution is 2.30. The molecule has 0 spiro atoms. The molecule has 2 aromatic carbocycles. The predicted octanol–water partition coefficient (Wildman–Crippen LogP) is 5.63. The molecule has 0 aromatic heterocycles. The van der Waals surface area contributed by atoms with Gasteiger partial charge in [0.15, 0.2) is 0 Å². The van der Waals surface area contributed by atoms with Gasteiger partial charge in [0, 0.05) is 6.42 Å². The van der Waals surface area contributed by atoms with Crippen molar-refractivity contribution < 1.29 is 9.47 Å². The fraction of sp³-hybridized carbons (Fsp3) is 0.429. The molecule has 0 bridgehead atoms. The van der Waals surface area contributed by atoms with Crippen LogP contribution in [0.4, 0.5) is 0 Å². The van der Waals surface area contributed by atoms with Gasteiger partial charge in [-0.3, -0.25) is 0 Å². The summed E-state index contributed by atoms with van der Waals surface area (Å²) in [5, 5.41) is 0. The Labute approximate surface area is 140 Å². The second-order valence-electron chi connectivity index (χ2n) is 7.82. The van der Waals surface area contributed by atoms with E-state index in [2.05, 4.69) is 65.8 Å². The zero-order chi connectivity index (χ0) is 17.1. The second kappa shape index (κ2) is 6.66. The van der Waals surface area contributed by atoms with Crippen LogP contribution in [0, 0.1) is 0 Å². The van der Waals surface area contributed by atoms with Crippen LogP contribution in [-0.2, 0) is 6.42 Å². The fourth-order valence-electron chi connectivity index (χ4n) is 2.36. The van der Waals surface area contributed by atoms with Gasteiger partial charge in [0.1, 0.15) is 22.7 Å². The summed E-state index contributed by atoms with van der Waals surface area (Å²) in [7, 11) is 0. The summed E-state index contributed by atoms with van der Waals surface area (Å²) in [5.41, 5.74) is 1.93. The van der Waals surface area contributed by atoms with Gasteiger partial charge in [-0.2, -0.15) is 0 Å². The third kappa shape index (κ3) is 5.63. The van der Waals surface area contributed by atoms with Gasteiger partial charge in [-0.15, -0.1) is 0 Å². The van der Waals surface area contributed by atoms with E-state index in [0.717, 1.165) is 17.9 Å². The summed E-state index contributed by atoms with van der Waals surface area (Å²) in [6, 6.07) is 16.5. The van der Waals surface area contributed by atoms with Crippen molar-refractivity contribution in [2.45, 2.75) is 59.2 Å². The molecule has 0 heterocycles. The molecule has 0 saturated carbocycles.